The fraction of sp³-hybridized carbons (Fsp3) is 0.538. The summed E-state index contributed by atoms with van der Waals surface area (Å²) in [5.74, 6) is -0.795. The van der Waals surface area contributed by atoms with Gasteiger partial charge in [0.05, 0.1) is 19.0 Å². The van der Waals surface area contributed by atoms with Gasteiger partial charge in [-0.25, -0.2) is 9.18 Å². The van der Waals surface area contributed by atoms with E-state index in [1.54, 1.807) is 0 Å². The number of rotatable bonds is 5. The number of carbonyl (C=O) groups is 1. The minimum atomic E-state index is -0.969. The first-order valence-electron chi connectivity index (χ1n) is 6.10. The molecule has 4 nitrogen and oxygen atoms in total. The highest BCUT2D eigenvalue weighted by Crippen LogP contribution is 2.31. The Hall–Kier alpha value is -1.49. The van der Waals surface area contributed by atoms with Crippen molar-refractivity contribution in [2.24, 2.45) is 0 Å². The minimum Gasteiger partial charge on any atom is -0.467 e. The van der Waals surface area contributed by atoms with E-state index in [0.717, 1.165) is 19.0 Å². The summed E-state index contributed by atoms with van der Waals surface area (Å²) < 4.78 is 17.8. The average molecular weight is 252 g/mol. The number of pyridine rings is 1. The Morgan fingerprint density at radius 1 is 1.61 bits per heavy atom. The van der Waals surface area contributed by atoms with Crippen LogP contribution in [0.15, 0.2) is 18.3 Å². The molecule has 2 rings (SSSR count). The number of esters is 1. The molecule has 0 amide bonds. The lowest BCUT2D eigenvalue weighted by Gasteiger charge is -2.30. The normalized spacial score (nSPS) is 18.2. The number of aromatic nitrogens is 1. The van der Waals surface area contributed by atoms with E-state index in [0.29, 0.717) is 18.2 Å². The third kappa shape index (κ3) is 2.36. The van der Waals surface area contributed by atoms with Crippen molar-refractivity contribution in [3.8, 4) is 0 Å². The molecule has 0 aliphatic heterocycles. The van der Waals surface area contributed by atoms with E-state index in [1.165, 1.54) is 19.2 Å². The SMILES string of the molecule is CCC(NC1CC1)(C(=O)OC)c1ccc(F)cn1. The molecule has 1 atom stereocenters. The minimum absolute atomic E-state index is 0.316. The summed E-state index contributed by atoms with van der Waals surface area (Å²) in [6, 6.07) is 3.16. The highest BCUT2D eigenvalue weighted by Gasteiger charge is 2.44. The van der Waals surface area contributed by atoms with Crippen molar-refractivity contribution in [1.82, 2.24) is 10.3 Å². The number of nitrogens with zero attached hydrogens (tertiary/aromatic N) is 1. The summed E-state index contributed by atoms with van der Waals surface area (Å²) >= 11 is 0. The number of methoxy groups -OCH3 is 1. The molecule has 1 unspecified atom stereocenters. The Labute approximate surface area is 106 Å². The van der Waals surface area contributed by atoms with E-state index in [9.17, 15) is 9.18 Å². The van der Waals surface area contributed by atoms with E-state index >= 15 is 0 Å². The van der Waals surface area contributed by atoms with Crippen LogP contribution in [0.3, 0.4) is 0 Å². The second kappa shape index (κ2) is 5.02. The summed E-state index contributed by atoms with van der Waals surface area (Å²) in [6.07, 6.45) is 3.71. The Balaban J connectivity index is 2.37. The van der Waals surface area contributed by atoms with Crippen LogP contribution in [0.5, 0.6) is 0 Å². The van der Waals surface area contributed by atoms with Crippen LogP contribution in [0.1, 0.15) is 31.9 Å². The third-order valence-corrected chi connectivity index (χ3v) is 3.26. The maximum Gasteiger partial charge on any atom is 0.332 e. The van der Waals surface area contributed by atoms with Gasteiger partial charge in [0, 0.05) is 6.04 Å². The lowest BCUT2D eigenvalue weighted by molar-refractivity contribution is -0.149. The monoisotopic (exact) mass is 252 g/mol. The first-order valence-corrected chi connectivity index (χ1v) is 6.10. The molecule has 0 aromatic carbocycles. The smallest absolute Gasteiger partial charge is 0.332 e. The van der Waals surface area contributed by atoms with Gasteiger partial charge in [-0.3, -0.25) is 10.3 Å². The number of hydrogen-bond acceptors (Lipinski definition) is 4. The van der Waals surface area contributed by atoms with Crippen LogP contribution in [0.4, 0.5) is 4.39 Å². The summed E-state index contributed by atoms with van der Waals surface area (Å²) in [4.78, 5) is 16.1. The average Bonchev–Trinajstić information content (AvgIpc) is 3.20. The molecule has 5 heteroatoms. The number of halogens is 1. The molecule has 1 N–H and O–H groups in total. The van der Waals surface area contributed by atoms with Crippen molar-refractivity contribution in [3.05, 3.63) is 29.8 Å². The number of carbonyl (C=O) groups excluding carboxylic acids is 1. The predicted molar refractivity (Wildman–Crippen MR) is 64.3 cm³/mol. The van der Waals surface area contributed by atoms with Gasteiger partial charge in [-0.15, -0.1) is 0 Å². The topological polar surface area (TPSA) is 51.2 Å². The molecule has 0 radical (unpaired) electrons. The predicted octanol–water partition coefficient (Wildman–Crippen LogP) is 1.75. The van der Waals surface area contributed by atoms with E-state index in [4.69, 9.17) is 4.74 Å². The summed E-state index contributed by atoms with van der Waals surface area (Å²) in [6.45, 7) is 1.89. The fourth-order valence-corrected chi connectivity index (χ4v) is 2.04. The number of ether oxygens (including phenoxy) is 1. The van der Waals surface area contributed by atoms with Gasteiger partial charge in [0.25, 0.3) is 0 Å². The summed E-state index contributed by atoms with van der Waals surface area (Å²) in [7, 11) is 1.35. The zero-order valence-electron chi connectivity index (χ0n) is 10.6. The van der Waals surface area contributed by atoms with Gasteiger partial charge in [-0.2, -0.15) is 0 Å². The van der Waals surface area contributed by atoms with Crippen molar-refractivity contribution in [3.63, 3.8) is 0 Å². The maximum atomic E-state index is 12.9. The maximum absolute atomic E-state index is 12.9. The van der Waals surface area contributed by atoms with Crippen LogP contribution >= 0.6 is 0 Å². The highest BCUT2D eigenvalue weighted by molar-refractivity contribution is 5.82. The number of hydrogen-bond donors (Lipinski definition) is 1. The van der Waals surface area contributed by atoms with Crippen molar-refractivity contribution in [2.75, 3.05) is 7.11 Å². The molecule has 1 fully saturated rings. The Bertz CT molecular complexity index is 431. The van der Waals surface area contributed by atoms with Gasteiger partial charge in [-0.1, -0.05) is 6.92 Å². The van der Waals surface area contributed by atoms with Crippen molar-refractivity contribution in [1.29, 1.82) is 0 Å². The molecule has 1 heterocycles. The molecule has 0 spiro atoms. The van der Waals surface area contributed by atoms with Gasteiger partial charge >= 0.3 is 5.97 Å². The van der Waals surface area contributed by atoms with Crippen molar-refractivity contribution >= 4 is 5.97 Å². The molecular formula is C13H17FN2O2. The van der Waals surface area contributed by atoms with Crippen molar-refractivity contribution < 1.29 is 13.9 Å². The van der Waals surface area contributed by atoms with E-state index in [2.05, 4.69) is 10.3 Å². The molecular weight excluding hydrogens is 235 g/mol. The molecule has 1 aromatic rings. The highest BCUT2D eigenvalue weighted by atomic mass is 19.1. The van der Waals surface area contributed by atoms with Crippen LogP contribution in [0.25, 0.3) is 0 Å². The lowest BCUT2D eigenvalue weighted by atomic mass is 9.91. The zero-order valence-corrected chi connectivity index (χ0v) is 10.6. The molecule has 1 aromatic heterocycles. The van der Waals surface area contributed by atoms with Crippen LogP contribution in [-0.4, -0.2) is 24.1 Å². The molecule has 0 bridgehead atoms. The second-order valence-electron chi connectivity index (χ2n) is 4.53. The van der Waals surface area contributed by atoms with E-state index in [-0.39, 0.29) is 5.97 Å². The largest absolute Gasteiger partial charge is 0.467 e. The lowest BCUT2D eigenvalue weighted by Crippen LogP contribution is -2.51. The molecule has 18 heavy (non-hydrogen) atoms. The van der Waals surface area contributed by atoms with Crippen LogP contribution in [-0.2, 0) is 15.1 Å². The second-order valence-corrected chi connectivity index (χ2v) is 4.53. The van der Waals surface area contributed by atoms with Gasteiger partial charge in [0.15, 0.2) is 5.54 Å². The van der Waals surface area contributed by atoms with Crippen LogP contribution < -0.4 is 5.32 Å². The van der Waals surface area contributed by atoms with Crippen molar-refractivity contribution in [2.45, 2.75) is 37.8 Å². The Morgan fingerprint density at radius 2 is 2.33 bits per heavy atom. The standard InChI is InChI=1S/C13H17FN2O2/c1-3-13(12(17)18-2,16-10-5-6-10)11-7-4-9(14)8-15-11/h4,7-8,10,16H,3,5-6H2,1-2H3. The van der Waals surface area contributed by atoms with Crippen LogP contribution in [0.2, 0.25) is 0 Å². The van der Waals surface area contributed by atoms with Gasteiger partial charge in [-0.05, 0) is 31.4 Å². The first-order chi connectivity index (χ1) is 8.62. The first kappa shape index (κ1) is 13.0. The molecule has 1 aliphatic carbocycles. The van der Waals surface area contributed by atoms with Gasteiger partial charge < -0.3 is 4.74 Å². The third-order valence-electron chi connectivity index (χ3n) is 3.26. The molecule has 98 valence electrons. The Morgan fingerprint density at radius 3 is 2.78 bits per heavy atom. The van der Waals surface area contributed by atoms with E-state index in [1.807, 2.05) is 6.92 Å². The zero-order chi connectivity index (χ0) is 13.2. The summed E-state index contributed by atoms with van der Waals surface area (Å²) in [5.41, 5.74) is -0.464. The van der Waals surface area contributed by atoms with Gasteiger partial charge in [0.1, 0.15) is 5.82 Å². The van der Waals surface area contributed by atoms with Gasteiger partial charge in [0.2, 0.25) is 0 Å². The Kier molecular flexibility index (Phi) is 3.61. The molecule has 0 saturated heterocycles. The van der Waals surface area contributed by atoms with E-state index < -0.39 is 11.4 Å². The fourth-order valence-electron chi connectivity index (χ4n) is 2.04. The summed E-state index contributed by atoms with van der Waals surface area (Å²) in [5, 5.41) is 3.28. The van der Waals surface area contributed by atoms with Crippen LogP contribution in [0, 0.1) is 5.82 Å². The molecule has 1 saturated carbocycles. The quantitative estimate of drug-likeness (QED) is 0.811. The molecule has 1 aliphatic rings. The number of nitrogens with one attached hydrogen (secondary N) is 1.